The minimum atomic E-state index is -1.57. The maximum Gasteiger partial charge on any atom is 0.327 e. The van der Waals surface area contributed by atoms with Crippen molar-refractivity contribution in [1.29, 1.82) is 5.41 Å². The standard InChI is InChI=1S/C6H10FN2O4P/c7-4-5(13-14-11)3(1-10)12-6(4)9-2-8/h2-6,10H,1H2,(H2,8,9)/t3-,4-,5-,6-/m1/s1. The Morgan fingerprint density at radius 1 is 1.79 bits per heavy atom. The van der Waals surface area contributed by atoms with Crippen LogP contribution in [0.4, 0.5) is 4.39 Å². The largest absolute Gasteiger partial charge is 0.394 e. The van der Waals surface area contributed by atoms with Gasteiger partial charge in [0.05, 0.1) is 12.9 Å². The average Bonchev–Trinajstić information content (AvgIpc) is 2.47. The van der Waals surface area contributed by atoms with Crippen molar-refractivity contribution in [2.45, 2.75) is 24.6 Å². The summed E-state index contributed by atoms with van der Waals surface area (Å²) in [5.41, 5.74) is 0. The number of halogens is 1. The van der Waals surface area contributed by atoms with Gasteiger partial charge in [-0.1, -0.05) is 0 Å². The molecule has 0 amide bonds. The summed E-state index contributed by atoms with van der Waals surface area (Å²) in [6, 6.07) is 0. The molecule has 6 nitrogen and oxygen atoms in total. The maximum absolute atomic E-state index is 13.4. The van der Waals surface area contributed by atoms with Crippen LogP contribution >= 0.6 is 8.69 Å². The van der Waals surface area contributed by atoms with Crippen LogP contribution in [0.15, 0.2) is 0 Å². The fourth-order valence-electron chi connectivity index (χ4n) is 1.25. The third-order valence-electron chi connectivity index (χ3n) is 1.88. The summed E-state index contributed by atoms with van der Waals surface area (Å²) in [5, 5.41) is 17.8. The molecule has 1 aliphatic rings. The molecule has 0 aromatic rings. The molecule has 0 aromatic heterocycles. The van der Waals surface area contributed by atoms with Crippen LogP contribution < -0.4 is 5.32 Å². The third-order valence-corrected chi connectivity index (χ3v) is 2.21. The lowest BCUT2D eigenvalue weighted by molar-refractivity contribution is -0.0190. The lowest BCUT2D eigenvalue weighted by atomic mass is 10.1. The Morgan fingerprint density at radius 2 is 2.50 bits per heavy atom. The monoisotopic (exact) mass is 224 g/mol. The molecule has 8 heteroatoms. The number of ether oxygens (including phenoxy) is 1. The van der Waals surface area contributed by atoms with E-state index in [1.165, 1.54) is 0 Å². The van der Waals surface area contributed by atoms with Crippen molar-refractivity contribution in [3.05, 3.63) is 0 Å². The predicted octanol–water partition coefficient (Wildman–Crippen LogP) is -0.170. The molecule has 0 unspecified atom stereocenters. The van der Waals surface area contributed by atoms with Gasteiger partial charge in [-0.2, -0.15) is 0 Å². The Hall–Kier alpha value is -0.620. The number of nitrogens with one attached hydrogen (secondary N) is 2. The van der Waals surface area contributed by atoms with Gasteiger partial charge < -0.3 is 15.2 Å². The summed E-state index contributed by atoms with van der Waals surface area (Å²) in [6.45, 7) is -0.434. The molecule has 1 aliphatic heterocycles. The highest BCUT2D eigenvalue weighted by Crippen LogP contribution is 2.27. The summed E-state index contributed by atoms with van der Waals surface area (Å²) in [7, 11) is -0.666. The van der Waals surface area contributed by atoms with Gasteiger partial charge in [-0.15, -0.1) is 0 Å². The lowest BCUT2D eigenvalue weighted by Gasteiger charge is -2.12. The highest BCUT2D eigenvalue weighted by molar-refractivity contribution is 7.17. The number of aliphatic hydroxyl groups is 1. The van der Waals surface area contributed by atoms with Gasteiger partial charge in [0.15, 0.2) is 12.4 Å². The first-order valence-electron chi connectivity index (χ1n) is 3.88. The minimum absolute atomic E-state index is 0.434. The van der Waals surface area contributed by atoms with E-state index in [4.69, 9.17) is 15.3 Å². The second-order valence-electron chi connectivity index (χ2n) is 2.68. The van der Waals surface area contributed by atoms with Gasteiger partial charge in [-0.3, -0.25) is 9.93 Å². The summed E-state index contributed by atoms with van der Waals surface area (Å²) in [6.07, 6.45) is -3.80. The molecule has 1 saturated heterocycles. The average molecular weight is 224 g/mol. The highest BCUT2D eigenvalue weighted by Gasteiger charge is 2.45. The third kappa shape index (κ3) is 2.24. The fourth-order valence-corrected chi connectivity index (χ4v) is 1.61. The van der Waals surface area contributed by atoms with Crippen LogP contribution in [0.1, 0.15) is 0 Å². The molecule has 0 bridgehead atoms. The Morgan fingerprint density at radius 3 is 3.00 bits per heavy atom. The first kappa shape index (κ1) is 11.5. The lowest BCUT2D eigenvalue weighted by Crippen LogP contribution is -2.37. The van der Waals surface area contributed by atoms with E-state index >= 15 is 0 Å². The van der Waals surface area contributed by atoms with Crippen LogP contribution in [-0.2, 0) is 13.8 Å². The van der Waals surface area contributed by atoms with Crippen molar-refractivity contribution >= 4 is 15.0 Å². The number of rotatable bonds is 5. The predicted molar refractivity (Wildman–Crippen MR) is 45.0 cm³/mol. The van der Waals surface area contributed by atoms with Crippen LogP contribution in [0.25, 0.3) is 0 Å². The van der Waals surface area contributed by atoms with Gasteiger partial charge in [-0.25, -0.2) is 8.96 Å². The number of alkyl halides is 1. The van der Waals surface area contributed by atoms with E-state index in [1.54, 1.807) is 0 Å². The topological polar surface area (TPSA) is 91.6 Å². The van der Waals surface area contributed by atoms with Crippen LogP contribution in [-0.4, -0.2) is 42.7 Å². The number of hydrogen-bond acceptors (Lipinski definition) is 5. The fraction of sp³-hybridized carbons (Fsp3) is 0.833. The summed E-state index contributed by atoms with van der Waals surface area (Å²) < 4.78 is 33.0. The summed E-state index contributed by atoms with van der Waals surface area (Å²) >= 11 is 0. The number of aliphatic hydroxyl groups excluding tert-OH is 1. The molecule has 0 aromatic carbocycles. The van der Waals surface area contributed by atoms with Gasteiger partial charge in [0.25, 0.3) is 0 Å². The van der Waals surface area contributed by atoms with Crippen molar-refractivity contribution in [3.8, 4) is 0 Å². The molecule has 0 radical (unpaired) electrons. The molecule has 14 heavy (non-hydrogen) atoms. The molecule has 1 heterocycles. The Kier molecular flexibility index (Phi) is 4.34. The van der Waals surface area contributed by atoms with Crippen molar-refractivity contribution < 1.29 is 23.3 Å². The van der Waals surface area contributed by atoms with Crippen molar-refractivity contribution in [3.63, 3.8) is 0 Å². The van der Waals surface area contributed by atoms with Gasteiger partial charge in [0, 0.05) is 0 Å². The van der Waals surface area contributed by atoms with Gasteiger partial charge in [0.1, 0.15) is 12.2 Å². The molecule has 3 N–H and O–H groups in total. The SMILES string of the molecule is N=CN[C@@H]1O[C@H](CO)[C@@H](OP=O)[C@H]1F. The molecular weight excluding hydrogens is 214 g/mol. The van der Waals surface area contributed by atoms with E-state index in [-0.39, 0.29) is 0 Å². The number of hydrogen-bond donors (Lipinski definition) is 3. The molecule has 1 rings (SSSR count). The second-order valence-corrected chi connectivity index (χ2v) is 3.04. The van der Waals surface area contributed by atoms with E-state index in [1.807, 2.05) is 0 Å². The van der Waals surface area contributed by atoms with E-state index in [9.17, 15) is 8.96 Å². The highest BCUT2D eigenvalue weighted by atomic mass is 31.1. The zero-order valence-corrected chi connectivity index (χ0v) is 7.99. The molecule has 80 valence electrons. The zero-order valence-electron chi connectivity index (χ0n) is 7.09. The maximum atomic E-state index is 13.4. The quantitative estimate of drug-likeness (QED) is 0.342. The Balaban J connectivity index is 2.62. The molecule has 0 aliphatic carbocycles. The normalized spacial score (nSPS) is 37.3. The first-order valence-corrected chi connectivity index (χ1v) is 4.61. The van der Waals surface area contributed by atoms with Crippen molar-refractivity contribution in [1.82, 2.24) is 5.32 Å². The van der Waals surface area contributed by atoms with Crippen molar-refractivity contribution in [2.75, 3.05) is 6.61 Å². The Labute approximate surface area is 81.2 Å². The zero-order chi connectivity index (χ0) is 10.6. The minimum Gasteiger partial charge on any atom is -0.394 e. The van der Waals surface area contributed by atoms with E-state index in [2.05, 4.69) is 9.84 Å². The van der Waals surface area contributed by atoms with E-state index < -0.39 is 39.9 Å². The van der Waals surface area contributed by atoms with E-state index in [0.717, 1.165) is 6.34 Å². The summed E-state index contributed by atoms with van der Waals surface area (Å²) in [5.74, 6) is 0. The molecule has 0 saturated carbocycles. The van der Waals surface area contributed by atoms with Crippen LogP contribution in [0.2, 0.25) is 0 Å². The molecule has 0 spiro atoms. The first-order chi connectivity index (χ1) is 6.74. The van der Waals surface area contributed by atoms with Crippen LogP contribution in [0.3, 0.4) is 0 Å². The van der Waals surface area contributed by atoms with Crippen molar-refractivity contribution in [2.24, 2.45) is 0 Å². The van der Waals surface area contributed by atoms with E-state index in [0.29, 0.717) is 0 Å². The summed E-state index contributed by atoms with van der Waals surface area (Å²) in [4.78, 5) is 0. The van der Waals surface area contributed by atoms with Crippen LogP contribution in [0, 0.1) is 5.41 Å². The Bertz CT molecular complexity index is 220. The van der Waals surface area contributed by atoms with Gasteiger partial charge in [-0.05, 0) is 0 Å². The van der Waals surface area contributed by atoms with Crippen LogP contribution in [0.5, 0.6) is 0 Å². The van der Waals surface area contributed by atoms with Gasteiger partial charge >= 0.3 is 8.69 Å². The smallest absolute Gasteiger partial charge is 0.327 e. The van der Waals surface area contributed by atoms with Gasteiger partial charge in [0.2, 0.25) is 0 Å². The molecular formula is C6H10FN2O4P. The second kappa shape index (κ2) is 5.31. The molecule has 4 atom stereocenters. The molecule has 1 fully saturated rings.